The number of methoxy groups -OCH3 is 1. The van der Waals surface area contributed by atoms with Gasteiger partial charge in [-0.1, -0.05) is 30.3 Å². The molecule has 2 aromatic carbocycles. The zero-order chi connectivity index (χ0) is 19.5. The van der Waals surface area contributed by atoms with Crippen LogP contribution < -0.4 is 15.0 Å². The Balaban J connectivity index is 1.46. The molecule has 3 amide bonds. The highest BCUT2D eigenvalue weighted by atomic mass is 16.5. The Labute approximate surface area is 162 Å². The number of ether oxygens (including phenoxy) is 1. The van der Waals surface area contributed by atoms with Gasteiger partial charge in [-0.15, -0.1) is 0 Å². The number of carbonyl (C=O) groups excluding carboxylic acids is 2. The number of amides is 3. The number of hydrogen-bond acceptors (Lipinski definition) is 4. The molecule has 28 heavy (non-hydrogen) atoms. The highest BCUT2D eigenvalue weighted by Gasteiger charge is 2.32. The van der Waals surface area contributed by atoms with E-state index in [1.54, 1.807) is 24.3 Å². The number of urea groups is 1. The lowest BCUT2D eigenvalue weighted by Gasteiger charge is -2.20. The predicted molar refractivity (Wildman–Crippen MR) is 108 cm³/mol. The highest BCUT2D eigenvalue weighted by molar-refractivity contribution is 6.03. The number of para-hydroxylation sites is 3. The fourth-order valence-electron chi connectivity index (χ4n) is 3.37. The highest BCUT2D eigenvalue weighted by Crippen LogP contribution is 2.30. The lowest BCUT2D eigenvalue weighted by atomic mass is 10.2. The van der Waals surface area contributed by atoms with Gasteiger partial charge >= 0.3 is 6.03 Å². The van der Waals surface area contributed by atoms with Crippen molar-refractivity contribution in [1.29, 1.82) is 0 Å². The summed E-state index contributed by atoms with van der Waals surface area (Å²) in [6.07, 6.45) is 1.69. The number of fused-ring (bicyclic) bond motifs is 1. The number of hydrogen-bond donors (Lipinski definition) is 1. The number of benzene rings is 2. The van der Waals surface area contributed by atoms with Crippen molar-refractivity contribution in [2.24, 2.45) is 0 Å². The molecule has 2 heterocycles. The van der Waals surface area contributed by atoms with E-state index < -0.39 is 0 Å². The number of aromatic nitrogens is 1. The Bertz CT molecular complexity index is 1030. The maximum absolute atomic E-state index is 12.8. The number of rotatable bonds is 5. The summed E-state index contributed by atoms with van der Waals surface area (Å²) in [4.78, 5) is 32.8. The van der Waals surface area contributed by atoms with Gasteiger partial charge in [-0.3, -0.25) is 14.7 Å². The smallest absolute Gasteiger partial charge is 0.325 e. The van der Waals surface area contributed by atoms with Gasteiger partial charge in [-0.05, 0) is 24.3 Å². The van der Waals surface area contributed by atoms with Gasteiger partial charge in [0.25, 0.3) is 0 Å². The summed E-state index contributed by atoms with van der Waals surface area (Å²) >= 11 is 0. The molecule has 7 heteroatoms. The summed E-state index contributed by atoms with van der Waals surface area (Å²) in [5.41, 5.74) is 2.06. The molecule has 0 aliphatic carbocycles. The Hall–Kier alpha value is -3.61. The van der Waals surface area contributed by atoms with Crippen LogP contribution in [0.25, 0.3) is 10.9 Å². The van der Waals surface area contributed by atoms with E-state index in [1.807, 2.05) is 48.5 Å². The van der Waals surface area contributed by atoms with Gasteiger partial charge in [0.05, 0.1) is 24.0 Å². The van der Waals surface area contributed by atoms with Crippen molar-refractivity contribution < 1.29 is 14.3 Å². The van der Waals surface area contributed by atoms with Crippen LogP contribution in [0.3, 0.4) is 0 Å². The van der Waals surface area contributed by atoms with Crippen LogP contribution in [-0.4, -0.2) is 48.6 Å². The molecule has 1 aliphatic heterocycles. The van der Waals surface area contributed by atoms with Gasteiger partial charge in [0, 0.05) is 24.7 Å². The third-order valence-electron chi connectivity index (χ3n) is 4.71. The number of carbonyl (C=O) groups is 2. The van der Waals surface area contributed by atoms with Crippen LogP contribution in [-0.2, 0) is 4.79 Å². The summed E-state index contributed by atoms with van der Waals surface area (Å²) < 4.78 is 5.34. The largest absolute Gasteiger partial charge is 0.495 e. The fourth-order valence-corrected chi connectivity index (χ4v) is 3.37. The van der Waals surface area contributed by atoms with E-state index in [-0.39, 0.29) is 18.5 Å². The van der Waals surface area contributed by atoms with Crippen molar-refractivity contribution in [2.45, 2.75) is 0 Å². The summed E-state index contributed by atoms with van der Waals surface area (Å²) in [5, 5.41) is 3.82. The molecule has 1 aromatic heterocycles. The van der Waals surface area contributed by atoms with E-state index in [0.29, 0.717) is 30.2 Å². The van der Waals surface area contributed by atoms with Crippen molar-refractivity contribution in [3.8, 4) is 5.75 Å². The summed E-state index contributed by atoms with van der Waals surface area (Å²) in [6.45, 7) is 0.952. The predicted octanol–water partition coefficient (Wildman–Crippen LogP) is 3.12. The zero-order valence-corrected chi connectivity index (χ0v) is 15.5. The molecule has 0 atom stereocenters. The number of nitrogens with zero attached hydrogens (tertiary/aromatic N) is 3. The topological polar surface area (TPSA) is 74.8 Å². The van der Waals surface area contributed by atoms with Crippen molar-refractivity contribution in [2.75, 3.05) is 37.0 Å². The Morgan fingerprint density at radius 3 is 2.79 bits per heavy atom. The van der Waals surface area contributed by atoms with E-state index >= 15 is 0 Å². The van der Waals surface area contributed by atoms with Gasteiger partial charge < -0.3 is 15.0 Å². The van der Waals surface area contributed by atoms with Crippen LogP contribution in [0.5, 0.6) is 5.75 Å². The standard InChI is InChI=1S/C21H20N4O3/c1-28-18-10-3-2-9-17(18)25-13-12-24(21(25)27)14-19(26)23-16-8-4-6-15-7-5-11-22-20(15)16/h2-11H,12-14H2,1H3,(H,23,26). The molecule has 1 N–H and O–H groups in total. The normalized spacial score (nSPS) is 13.8. The number of anilines is 2. The van der Waals surface area contributed by atoms with E-state index in [9.17, 15) is 9.59 Å². The average Bonchev–Trinajstić information content (AvgIpc) is 3.08. The van der Waals surface area contributed by atoms with E-state index in [0.717, 1.165) is 10.9 Å². The van der Waals surface area contributed by atoms with Crippen LogP contribution >= 0.6 is 0 Å². The molecule has 1 saturated heterocycles. The first-order valence-electron chi connectivity index (χ1n) is 9.00. The minimum atomic E-state index is -0.256. The molecule has 142 valence electrons. The van der Waals surface area contributed by atoms with Gasteiger partial charge in [0.15, 0.2) is 0 Å². The Morgan fingerprint density at radius 2 is 1.93 bits per heavy atom. The van der Waals surface area contributed by atoms with Crippen molar-refractivity contribution in [3.63, 3.8) is 0 Å². The first kappa shape index (κ1) is 17.8. The van der Waals surface area contributed by atoms with Crippen molar-refractivity contribution in [3.05, 3.63) is 60.8 Å². The summed E-state index contributed by atoms with van der Waals surface area (Å²) in [6, 6.07) is 16.5. The van der Waals surface area contributed by atoms with Crippen LogP contribution in [0, 0.1) is 0 Å². The molecule has 0 saturated carbocycles. The second kappa shape index (κ2) is 7.56. The van der Waals surface area contributed by atoms with Crippen molar-refractivity contribution >= 4 is 34.2 Å². The number of nitrogens with one attached hydrogen (secondary N) is 1. The van der Waals surface area contributed by atoms with Gasteiger partial charge in [0.1, 0.15) is 12.3 Å². The third-order valence-corrected chi connectivity index (χ3v) is 4.71. The molecule has 0 radical (unpaired) electrons. The number of pyridine rings is 1. The van der Waals surface area contributed by atoms with E-state index in [1.165, 1.54) is 4.90 Å². The molecule has 3 aromatic rings. The van der Waals surface area contributed by atoms with Crippen LogP contribution in [0.15, 0.2) is 60.8 Å². The third kappa shape index (κ3) is 3.34. The fraction of sp³-hybridized carbons (Fsp3) is 0.190. The second-order valence-electron chi connectivity index (χ2n) is 6.46. The van der Waals surface area contributed by atoms with E-state index in [4.69, 9.17) is 4.74 Å². The first-order chi connectivity index (χ1) is 13.7. The molecule has 1 fully saturated rings. The van der Waals surface area contributed by atoms with Gasteiger partial charge in [0.2, 0.25) is 5.91 Å². The van der Waals surface area contributed by atoms with Crippen LogP contribution in [0.1, 0.15) is 0 Å². The van der Waals surface area contributed by atoms with Gasteiger partial charge in [-0.2, -0.15) is 0 Å². The minimum Gasteiger partial charge on any atom is -0.495 e. The molecule has 0 bridgehead atoms. The molecular weight excluding hydrogens is 356 g/mol. The Kier molecular flexibility index (Phi) is 4.80. The summed E-state index contributed by atoms with van der Waals surface area (Å²) in [5.74, 6) is 0.373. The molecule has 1 aliphatic rings. The lowest BCUT2D eigenvalue weighted by Crippen LogP contribution is -2.37. The quantitative estimate of drug-likeness (QED) is 0.742. The second-order valence-corrected chi connectivity index (χ2v) is 6.46. The van der Waals surface area contributed by atoms with Crippen LogP contribution in [0.2, 0.25) is 0 Å². The van der Waals surface area contributed by atoms with Crippen LogP contribution in [0.4, 0.5) is 16.2 Å². The Morgan fingerprint density at radius 1 is 1.11 bits per heavy atom. The molecular formula is C21H20N4O3. The molecule has 0 unspecified atom stereocenters. The van der Waals surface area contributed by atoms with Crippen molar-refractivity contribution in [1.82, 2.24) is 9.88 Å². The maximum atomic E-state index is 12.8. The monoisotopic (exact) mass is 376 g/mol. The van der Waals surface area contributed by atoms with Gasteiger partial charge in [-0.25, -0.2) is 4.79 Å². The zero-order valence-electron chi connectivity index (χ0n) is 15.5. The summed E-state index contributed by atoms with van der Waals surface area (Å²) in [7, 11) is 1.57. The molecule has 0 spiro atoms. The van der Waals surface area contributed by atoms with E-state index in [2.05, 4.69) is 10.3 Å². The molecule has 7 nitrogen and oxygen atoms in total. The molecule has 4 rings (SSSR count). The first-order valence-corrected chi connectivity index (χ1v) is 9.00. The average molecular weight is 376 g/mol. The lowest BCUT2D eigenvalue weighted by molar-refractivity contribution is -0.116. The maximum Gasteiger partial charge on any atom is 0.325 e. The minimum absolute atomic E-state index is 0.0201. The SMILES string of the molecule is COc1ccccc1N1CCN(CC(=O)Nc2cccc3cccnc23)C1=O.